The maximum atomic E-state index is 11.6. The van der Waals surface area contributed by atoms with E-state index in [2.05, 4.69) is 13.8 Å². The topological polar surface area (TPSA) is 173 Å². The van der Waals surface area contributed by atoms with Gasteiger partial charge in [-0.1, -0.05) is 77.3 Å². The molecule has 4 aromatic carbocycles. The number of rotatable bonds is 18. The molecular weight excluding hydrogens is 721 g/mol. The van der Waals surface area contributed by atoms with Crippen LogP contribution >= 0.6 is 0 Å². The van der Waals surface area contributed by atoms with Gasteiger partial charge in [-0.3, -0.25) is 4.55 Å². The smallest absolute Gasteiger partial charge is 0.872 e. The maximum Gasteiger partial charge on any atom is 2.00 e. The molecule has 4 rings (SSSR count). The summed E-state index contributed by atoms with van der Waals surface area (Å²) in [6.45, 7) is 4.34. The molecule has 10 nitrogen and oxygen atoms in total. The monoisotopic (exact) mass is 766 g/mol. The molecule has 272 valence electrons. The van der Waals surface area contributed by atoms with E-state index in [4.69, 9.17) is 14.0 Å². The average Bonchev–Trinajstić information content (AvgIpc) is 3.07. The maximum absolute atomic E-state index is 11.6. The van der Waals surface area contributed by atoms with Gasteiger partial charge in [-0.25, -0.2) is 8.42 Å². The Hall–Kier alpha value is -2.84. The van der Waals surface area contributed by atoms with E-state index in [-0.39, 0.29) is 59.0 Å². The van der Waals surface area contributed by atoms with Crippen LogP contribution in [0.2, 0.25) is 0 Å². The second-order valence-electron chi connectivity index (χ2n) is 12.0. The molecule has 0 spiro atoms. The van der Waals surface area contributed by atoms with Crippen LogP contribution in [0.15, 0.2) is 94.7 Å². The molecule has 0 fully saturated rings. The van der Waals surface area contributed by atoms with E-state index in [0.29, 0.717) is 23.0 Å². The predicted molar refractivity (Wildman–Crippen MR) is 195 cm³/mol. The van der Waals surface area contributed by atoms with Crippen LogP contribution in [0, 0.1) is 0 Å². The third-order valence-electron chi connectivity index (χ3n) is 7.86. The predicted octanol–water partition coefficient (Wildman–Crippen LogP) is 8.53. The number of unbranched alkanes of at least 4 members (excludes halogenated alkanes) is 8. The minimum absolute atomic E-state index is 0. The van der Waals surface area contributed by atoms with Gasteiger partial charge in [-0.15, -0.1) is 5.75 Å². The molecule has 0 aromatic heterocycles. The van der Waals surface area contributed by atoms with Crippen molar-refractivity contribution in [3.05, 3.63) is 96.1 Å². The summed E-state index contributed by atoms with van der Waals surface area (Å²) in [5.74, 6) is 2.21. The van der Waals surface area contributed by atoms with Gasteiger partial charge in [0.1, 0.15) is 38.9 Å². The number of hydrogen-bond donors (Lipinski definition) is 2. The SMILES string of the molecule is CCCCCCCc1cc(O)ccc1Oc1ccc(S(=O)(=O)O)cc1.CCCCCCCc1cc([O-])ccc1Oc1ccc(S(=O)(=O)[O-])cc1.[Ca+2]. The summed E-state index contributed by atoms with van der Waals surface area (Å²) < 4.78 is 75.6. The van der Waals surface area contributed by atoms with Crippen LogP contribution in [0.25, 0.3) is 0 Å². The minimum atomic E-state index is -4.47. The van der Waals surface area contributed by atoms with Gasteiger partial charge >= 0.3 is 37.7 Å². The molecule has 0 aliphatic carbocycles. The Balaban J connectivity index is 0.000000347. The normalized spacial score (nSPS) is 11.2. The molecule has 0 saturated carbocycles. The first-order valence-corrected chi connectivity index (χ1v) is 19.8. The van der Waals surface area contributed by atoms with Crippen molar-refractivity contribution in [2.45, 2.75) is 101 Å². The quantitative estimate of drug-likeness (QED) is 0.0568. The number of phenols is 1. The van der Waals surface area contributed by atoms with Crippen LogP contribution in [0.5, 0.6) is 34.5 Å². The standard InChI is InChI=1S/2C19H24O5S.Ca/c2*1-2-3-4-5-6-7-15-14-16(20)8-13-19(15)24-17-9-11-18(12-10-17)25(21,22)23;/h2*8-14,20H,2-7H2,1H3,(H,21,22,23);/q;;+2/p-2. The van der Waals surface area contributed by atoms with E-state index < -0.39 is 20.2 Å². The summed E-state index contributed by atoms with van der Waals surface area (Å²) in [5.41, 5.74) is 1.75. The number of ether oxygens (including phenoxy) is 2. The number of aromatic hydroxyl groups is 1. The van der Waals surface area contributed by atoms with Crippen molar-refractivity contribution < 1.29 is 45.6 Å². The number of hydrogen-bond acceptors (Lipinski definition) is 9. The molecule has 0 bridgehead atoms. The zero-order valence-electron chi connectivity index (χ0n) is 29.3. The van der Waals surface area contributed by atoms with Gasteiger partial charge in [0, 0.05) is 0 Å². The molecule has 0 heterocycles. The molecule has 0 radical (unpaired) electrons. The molecule has 0 unspecified atom stereocenters. The summed E-state index contributed by atoms with van der Waals surface area (Å²) in [5, 5.41) is 21.3. The van der Waals surface area contributed by atoms with Crippen LogP contribution in [-0.4, -0.2) is 68.8 Å². The first kappa shape index (κ1) is 44.3. The Labute approximate surface area is 332 Å². The first-order chi connectivity index (χ1) is 23.8. The number of phenolic OH excluding ortho intramolecular Hbond substituents is 1. The summed E-state index contributed by atoms with van der Waals surface area (Å²) >= 11 is 0. The Bertz CT molecular complexity index is 1710. The third kappa shape index (κ3) is 16.2. The van der Waals surface area contributed by atoms with Crippen LogP contribution in [0.1, 0.15) is 89.2 Å². The fourth-order valence-electron chi connectivity index (χ4n) is 5.16. The molecule has 0 aliphatic heterocycles. The van der Waals surface area contributed by atoms with Gasteiger partial charge in [0.05, 0.1) is 9.79 Å². The van der Waals surface area contributed by atoms with Crippen LogP contribution in [0.4, 0.5) is 0 Å². The van der Waals surface area contributed by atoms with Crippen molar-refractivity contribution >= 4 is 58.0 Å². The van der Waals surface area contributed by atoms with Crippen molar-refractivity contribution in [1.29, 1.82) is 0 Å². The summed E-state index contributed by atoms with van der Waals surface area (Å²) in [7, 11) is -8.69. The van der Waals surface area contributed by atoms with Crippen LogP contribution < -0.4 is 14.6 Å². The van der Waals surface area contributed by atoms with E-state index in [0.717, 1.165) is 49.7 Å². The van der Waals surface area contributed by atoms with Gasteiger partial charge in [0.2, 0.25) is 0 Å². The fraction of sp³-hybridized carbons (Fsp3) is 0.368. The zero-order chi connectivity index (χ0) is 36.6. The van der Waals surface area contributed by atoms with Crippen molar-refractivity contribution in [3.8, 4) is 34.5 Å². The van der Waals surface area contributed by atoms with Crippen molar-refractivity contribution in [2.24, 2.45) is 0 Å². The molecule has 0 atom stereocenters. The van der Waals surface area contributed by atoms with Gasteiger partial charge in [0.25, 0.3) is 10.1 Å². The number of aryl methyl sites for hydroxylation is 2. The van der Waals surface area contributed by atoms with Crippen molar-refractivity contribution in [2.75, 3.05) is 0 Å². The molecule has 0 aliphatic rings. The second kappa shape index (κ2) is 22.3. The van der Waals surface area contributed by atoms with Gasteiger partial charge in [0.15, 0.2) is 0 Å². The van der Waals surface area contributed by atoms with E-state index in [1.54, 1.807) is 30.3 Å². The number of benzene rings is 4. The first-order valence-electron chi connectivity index (χ1n) is 16.9. The zero-order valence-corrected chi connectivity index (χ0v) is 33.1. The Kier molecular flexibility index (Phi) is 19.4. The van der Waals surface area contributed by atoms with Gasteiger partial charge in [-0.05, 0) is 110 Å². The Morgan fingerprint density at radius 3 is 1.47 bits per heavy atom. The van der Waals surface area contributed by atoms with Crippen molar-refractivity contribution in [1.82, 2.24) is 0 Å². The van der Waals surface area contributed by atoms with E-state index >= 15 is 0 Å². The Morgan fingerprint density at radius 1 is 0.588 bits per heavy atom. The molecular formula is C38H46CaO10S2. The van der Waals surface area contributed by atoms with Crippen LogP contribution in [-0.2, 0) is 33.1 Å². The minimum Gasteiger partial charge on any atom is -0.872 e. The Morgan fingerprint density at radius 2 is 1.02 bits per heavy atom. The molecule has 13 heteroatoms. The molecule has 51 heavy (non-hydrogen) atoms. The van der Waals surface area contributed by atoms with E-state index in [9.17, 15) is 31.6 Å². The molecule has 4 aromatic rings. The third-order valence-corrected chi connectivity index (χ3v) is 9.58. The summed E-state index contributed by atoms with van der Waals surface area (Å²) in [6, 6.07) is 20.4. The summed E-state index contributed by atoms with van der Waals surface area (Å²) in [6.07, 6.45) is 13.0. The molecule has 0 saturated heterocycles. The van der Waals surface area contributed by atoms with Gasteiger partial charge in [-0.2, -0.15) is 8.42 Å². The molecule has 0 amide bonds. The average molecular weight is 767 g/mol. The van der Waals surface area contributed by atoms with Crippen molar-refractivity contribution in [3.63, 3.8) is 0 Å². The fourth-order valence-corrected chi connectivity index (χ4v) is 6.11. The van der Waals surface area contributed by atoms with E-state index in [1.807, 2.05) is 0 Å². The largest absolute Gasteiger partial charge is 2.00 e. The summed E-state index contributed by atoms with van der Waals surface area (Å²) in [4.78, 5) is -0.479. The molecule has 2 N–H and O–H groups in total. The second-order valence-corrected chi connectivity index (χ2v) is 14.8. The van der Waals surface area contributed by atoms with Crippen LogP contribution in [0.3, 0.4) is 0 Å². The van der Waals surface area contributed by atoms with E-state index in [1.165, 1.54) is 93.1 Å². The van der Waals surface area contributed by atoms with Gasteiger partial charge < -0.3 is 24.2 Å².